The Morgan fingerprint density at radius 1 is 0.533 bits per heavy atom. The van der Waals surface area contributed by atoms with E-state index in [0.717, 1.165) is 77.0 Å². The van der Waals surface area contributed by atoms with Gasteiger partial charge >= 0.3 is 5.97 Å². The Morgan fingerprint density at radius 3 is 1.48 bits per heavy atom. The van der Waals surface area contributed by atoms with Gasteiger partial charge < -0.3 is 39.4 Å². The van der Waals surface area contributed by atoms with Crippen molar-refractivity contribution < 1.29 is 44.2 Å². The number of rotatable bonds is 41. The Kier molecular flexibility index (Phi) is 39.3. The number of ether oxygens (including phenoxy) is 4. The van der Waals surface area contributed by atoms with Crippen LogP contribution in [0.5, 0.6) is 0 Å². The number of carbonyl (C=O) groups excluding carboxylic acids is 1. The molecule has 0 spiro atoms. The zero-order valence-electron chi connectivity index (χ0n) is 38.2. The number of aliphatic hydroxyl groups is 4. The van der Waals surface area contributed by atoms with E-state index in [1.54, 1.807) is 0 Å². The first-order valence-electron chi connectivity index (χ1n) is 24.4. The molecule has 9 nitrogen and oxygen atoms in total. The minimum absolute atomic E-state index is 0.125. The van der Waals surface area contributed by atoms with E-state index in [2.05, 4.69) is 74.6 Å². The van der Waals surface area contributed by atoms with E-state index in [-0.39, 0.29) is 19.2 Å². The summed E-state index contributed by atoms with van der Waals surface area (Å²) in [6.45, 7) is 4.48. The Morgan fingerprint density at radius 2 is 0.967 bits per heavy atom. The first-order valence-corrected chi connectivity index (χ1v) is 24.4. The third-order valence-corrected chi connectivity index (χ3v) is 10.9. The summed E-state index contributed by atoms with van der Waals surface area (Å²) in [4.78, 5) is 12.8. The molecule has 0 saturated carbocycles. The highest BCUT2D eigenvalue weighted by molar-refractivity contribution is 5.69. The van der Waals surface area contributed by atoms with Crippen molar-refractivity contribution in [2.75, 3.05) is 26.4 Å². The van der Waals surface area contributed by atoms with Crippen LogP contribution in [-0.4, -0.2) is 89.6 Å². The van der Waals surface area contributed by atoms with Gasteiger partial charge in [-0.2, -0.15) is 0 Å². The van der Waals surface area contributed by atoms with Crippen LogP contribution in [0.2, 0.25) is 0 Å². The van der Waals surface area contributed by atoms with E-state index in [1.807, 2.05) is 0 Å². The zero-order valence-corrected chi connectivity index (χ0v) is 38.2. The number of carbonyl (C=O) groups is 1. The van der Waals surface area contributed by atoms with Crippen LogP contribution in [0, 0.1) is 0 Å². The fourth-order valence-electron chi connectivity index (χ4n) is 7.06. The summed E-state index contributed by atoms with van der Waals surface area (Å²) in [6.07, 6.45) is 46.7. The van der Waals surface area contributed by atoms with Crippen LogP contribution < -0.4 is 0 Å². The van der Waals surface area contributed by atoms with Crippen molar-refractivity contribution in [1.29, 1.82) is 0 Å². The summed E-state index contributed by atoms with van der Waals surface area (Å²) in [5.74, 6) is -0.331. The highest BCUT2D eigenvalue weighted by Crippen LogP contribution is 2.22. The lowest BCUT2D eigenvalue weighted by Gasteiger charge is -2.39. The summed E-state index contributed by atoms with van der Waals surface area (Å²) in [6, 6.07) is 0. The molecule has 4 N–H and O–H groups in total. The normalized spacial score (nSPS) is 20.5. The lowest BCUT2D eigenvalue weighted by atomic mass is 9.99. The quantitative estimate of drug-likeness (QED) is 0.0269. The second-order valence-corrected chi connectivity index (χ2v) is 16.6. The number of esters is 1. The Bertz CT molecular complexity index is 1100. The van der Waals surface area contributed by atoms with E-state index >= 15 is 0 Å². The van der Waals surface area contributed by atoms with Gasteiger partial charge in [-0.15, -0.1) is 0 Å². The van der Waals surface area contributed by atoms with Gasteiger partial charge in [0.2, 0.25) is 0 Å². The molecule has 0 aromatic rings. The standard InChI is InChI=1S/C51H90O9/c1-3-5-7-9-11-13-15-17-19-21-22-23-24-25-26-28-30-32-34-36-38-40-47(53)59-45(44-58-51-50(56)49(55)48(54)46(42-52)60-51)43-57-41-39-37-35-33-31-29-27-20-18-16-14-12-10-8-6-4-2/h12,14-15,17-18,20-22,24-25,45-46,48-52,54-56H,3-11,13,16,19,23,26-44H2,1-2H3/b14-12-,17-15-,20-18-,22-21-,25-24-. The fourth-order valence-corrected chi connectivity index (χ4v) is 7.06. The molecule has 6 atom stereocenters. The molecular formula is C51H90O9. The molecule has 0 aliphatic carbocycles. The molecule has 1 saturated heterocycles. The van der Waals surface area contributed by atoms with E-state index in [4.69, 9.17) is 18.9 Å². The third-order valence-electron chi connectivity index (χ3n) is 10.9. The van der Waals surface area contributed by atoms with Crippen molar-refractivity contribution >= 4 is 5.97 Å². The molecule has 1 aliphatic heterocycles. The van der Waals surface area contributed by atoms with Crippen molar-refractivity contribution in [3.63, 3.8) is 0 Å². The minimum atomic E-state index is -1.54. The van der Waals surface area contributed by atoms with Gasteiger partial charge in [-0.05, 0) is 83.5 Å². The van der Waals surface area contributed by atoms with Crippen molar-refractivity contribution in [1.82, 2.24) is 0 Å². The first-order chi connectivity index (χ1) is 29.4. The third kappa shape index (κ3) is 32.6. The van der Waals surface area contributed by atoms with Crippen molar-refractivity contribution in [3.05, 3.63) is 60.8 Å². The molecule has 0 amide bonds. The largest absolute Gasteiger partial charge is 0.457 e. The predicted molar refractivity (Wildman–Crippen MR) is 247 cm³/mol. The molecular weight excluding hydrogens is 757 g/mol. The maximum Gasteiger partial charge on any atom is 0.306 e. The summed E-state index contributed by atoms with van der Waals surface area (Å²) >= 11 is 0. The van der Waals surface area contributed by atoms with E-state index < -0.39 is 43.4 Å². The second kappa shape index (κ2) is 42.2. The maximum atomic E-state index is 12.8. The number of allylic oxidation sites excluding steroid dienone is 10. The second-order valence-electron chi connectivity index (χ2n) is 16.6. The smallest absolute Gasteiger partial charge is 0.306 e. The first kappa shape index (κ1) is 55.9. The Hall–Kier alpha value is -2.11. The molecule has 1 fully saturated rings. The molecule has 0 bridgehead atoms. The molecule has 0 aromatic carbocycles. The molecule has 1 rings (SSSR count). The maximum absolute atomic E-state index is 12.8. The lowest BCUT2D eigenvalue weighted by Crippen LogP contribution is -2.59. The summed E-state index contributed by atoms with van der Waals surface area (Å²) < 4.78 is 22.8. The van der Waals surface area contributed by atoms with E-state index in [1.165, 1.54) is 96.3 Å². The zero-order chi connectivity index (χ0) is 43.6. The average Bonchev–Trinajstić information content (AvgIpc) is 3.25. The number of hydrogen-bond donors (Lipinski definition) is 4. The van der Waals surface area contributed by atoms with Gasteiger partial charge in [-0.1, -0.05) is 164 Å². The van der Waals surface area contributed by atoms with Crippen LogP contribution in [0.25, 0.3) is 0 Å². The Labute approximate surface area is 366 Å². The molecule has 9 heteroatoms. The minimum Gasteiger partial charge on any atom is -0.457 e. The highest BCUT2D eigenvalue weighted by atomic mass is 16.7. The van der Waals surface area contributed by atoms with Gasteiger partial charge in [-0.25, -0.2) is 0 Å². The van der Waals surface area contributed by atoms with Crippen molar-refractivity contribution in [2.45, 2.75) is 230 Å². The van der Waals surface area contributed by atoms with E-state index in [0.29, 0.717) is 13.0 Å². The van der Waals surface area contributed by atoms with Gasteiger partial charge in [0.1, 0.15) is 30.5 Å². The number of unbranched alkanes of at least 4 members (excludes halogenated alkanes) is 20. The lowest BCUT2D eigenvalue weighted by molar-refractivity contribution is -0.305. The molecule has 60 heavy (non-hydrogen) atoms. The monoisotopic (exact) mass is 847 g/mol. The molecule has 1 aliphatic rings. The summed E-state index contributed by atoms with van der Waals surface area (Å²) in [7, 11) is 0. The SMILES string of the molecule is CCCCC/C=C\C/C=C\CCCCCCCCOCC(COC1OC(CO)C(O)C(O)C1O)OC(=O)CCCCCCCC/C=C\C/C=C\C/C=C\CCCCCCC. The Balaban J connectivity index is 2.26. The topological polar surface area (TPSA) is 135 Å². The van der Waals surface area contributed by atoms with Crippen LogP contribution in [0.1, 0.15) is 194 Å². The van der Waals surface area contributed by atoms with Gasteiger partial charge in [-0.3, -0.25) is 4.79 Å². The number of hydrogen-bond acceptors (Lipinski definition) is 9. The van der Waals surface area contributed by atoms with Gasteiger partial charge in [0.05, 0.1) is 19.8 Å². The van der Waals surface area contributed by atoms with Crippen LogP contribution in [-0.2, 0) is 23.7 Å². The summed E-state index contributed by atoms with van der Waals surface area (Å²) in [5.41, 5.74) is 0. The molecule has 6 unspecified atom stereocenters. The molecule has 348 valence electrons. The van der Waals surface area contributed by atoms with Crippen molar-refractivity contribution in [2.24, 2.45) is 0 Å². The molecule has 1 heterocycles. The molecule has 0 radical (unpaired) electrons. The predicted octanol–water partition coefficient (Wildman–Crippen LogP) is 11.5. The number of aliphatic hydroxyl groups excluding tert-OH is 4. The van der Waals surface area contributed by atoms with Crippen LogP contribution in [0.4, 0.5) is 0 Å². The van der Waals surface area contributed by atoms with Gasteiger partial charge in [0.15, 0.2) is 6.29 Å². The van der Waals surface area contributed by atoms with Gasteiger partial charge in [0.25, 0.3) is 0 Å². The summed E-state index contributed by atoms with van der Waals surface area (Å²) in [5, 5.41) is 40.2. The van der Waals surface area contributed by atoms with Crippen molar-refractivity contribution in [3.8, 4) is 0 Å². The average molecular weight is 847 g/mol. The van der Waals surface area contributed by atoms with Gasteiger partial charge in [0, 0.05) is 13.0 Å². The van der Waals surface area contributed by atoms with E-state index in [9.17, 15) is 25.2 Å². The van der Waals surface area contributed by atoms with Crippen LogP contribution in [0.3, 0.4) is 0 Å². The fraction of sp³-hybridized carbons (Fsp3) is 0.784. The molecule has 0 aromatic heterocycles. The van der Waals surface area contributed by atoms with Crippen LogP contribution in [0.15, 0.2) is 60.8 Å². The highest BCUT2D eigenvalue weighted by Gasteiger charge is 2.44. The van der Waals surface area contributed by atoms with Crippen LogP contribution >= 0.6 is 0 Å².